The zero-order valence-electron chi connectivity index (χ0n) is 9.76. The lowest BCUT2D eigenvalue weighted by Crippen LogP contribution is -2.26. The summed E-state index contributed by atoms with van der Waals surface area (Å²) in [4.78, 5) is 0. The average molecular weight is 223 g/mol. The molecular formula is C13H21NO2. The van der Waals surface area contributed by atoms with Gasteiger partial charge in [0, 0.05) is 13.2 Å². The molecule has 1 rings (SSSR count). The third-order valence-electron chi connectivity index (χ3n) is 2.64. The highest BCUT2D eigenvalue weighted by Crippen LogP contribution is 2.10. The minimum atomic E-state index is -0.456. The van der Waals surface area contributed by atoms with Gasteiger partial charge < -0.3 is 15.5 Å². The monoisotopic (exact) mass is 223 g/mol. The zero-order valence-corrected chi connectivity index (χ0v) is 9.76. The van der Waals surface area contributed by atoms with Gasteiger partial charge in [-0.3, -0.25) is 0 Å². The van der Waals surface area contributed by atoms with Gasteiger partial charge in [0.25, 0.3) is 0 Å². The Labute approximate surface area is 97.1 Å². The van der Waals surface area contributed by atoms with Crippen LogP contribution in [0, 0.1) is 5.92 Å². The van der Waals surface area contributed by atoms with E-state index in [0.717, 1.165) is 18.5 Å². The average Bonchev–Trinajstić information content (AvgIpc) is 2.30. The number of hydrogen-bond acceptors (Lipinski definition) is 3. The summed E-state index contributed by atoms with van der Waals surface area (Å²) < 4.78 is 0. The molecule has 0 aromatic heterocycles. The van der Waals surface area contributed by atoms with Crippen LogP contribution in [0.25, 0.3) is 0 Å². The molecule has 2 unspecified atom stereocenters. The Morgan fingerprint density at radius 2 is 1.88 bits per heavy atom. The maximum Gasteiger partial charge on any atom is 0.0914 e. The standard InChI is InChI=1S/C13H21NO2/c1-11(7-8-15)9-14-10-13(16)12-5-3-2-4-6-12/h2-6,11,13-16H,7-10H2,1H3. The first-order valence-corrected chi connectivity index (χ1v) is 5.78. The van der Waals surface area contributed by atoms with Crippen molar-refractivity contribution in [2.45, 2.75) is 19.4 Å². The summed E-state index contributed by atoms with van der Waals surface area (Å²) in [5.74, 6) is 0.438. The third kappa shape index (κ3) is 4.75. The van der Waals surface area contributed by atoms with Crippen molar-refractivity contribution in [3.63, 3.8) is 0 Å². The van der Waals surface area contributed by atoms with Crippen molar-refractivity contribution in [1.82, 2.24) is 5.32 Å². The van der Waals surface area contributed by atoms with Crippen LogP contribution in [-0.2, 0) is 0 Å². The van der Waals surface area contributed by atoms with Gasteiger partial charge >= 0.3 is 0 Å². The molecule has 3 N–H and O–H groups in total. The summed E-state index contributed by atoms with van der Waals surface area (Å²) >= 11 is 0. The van der Waals surface area contributed by atoms with Gasteiger partial charge in [0.2, 0.25) is 0 Å². The molecule has 0 saturated heterocycles. The smallest absolute Gasteiger partial charge is 0.0914 e. The van der Waals surface area contributed by atoms with Gasteiger partial charge in [-0.05, 0) is 24.4 Å². The SMILES string of the molecule is CC(CCO)CNCC(O)c1ccccc1. The molecule has 0 aliphatic heterocycles. The van der Waals surface area contributed by atoms with E-state index in [1.807, 2.05) is 30.3 Å². The van der Waals surface area contributed by atoms with Crippen molar-refractivity contribution in [3.8, 4) is 0 Å². The fraction of sp³-hybridized carbons (Fsp3) is 0.538. The van der Waals surface area contributed by atoms with Crippen LogP contribution in [0.4, 0.5) is 0 Å². The molecule has 0 aliphatic carbocycles. The van der Waals surface area contributed by atoms with Crippen LogP contribution in [0.15, 0.2) is 30.3 Å². The second-order valence-electron chi connectivity index (χ2n) is 4.20. The van der Waals surface area contributed by atoms with Gasteiger partial charge in [0.1, 0.15) is 0 Å². The first-order valence-electron chi connectivity index (χ1n) is 5.78. The van der Waals surface area contributed by atoms with Crippen LogP contribution in [0.2, 0.25) is 0 Å². The molecular weight excluding hydrogens is 202 g/mol. The van der Waals surface area contributed by atoms with Gasteiger partial charge in [-0.2, -0.15) is 0 Å². The minimum Gasteiger partial charge on any atom is -0.396 e. The number of nitrogens with one attached hydrogen (secondary N) is 1. The Balaban J connectivity index is 2.23. The fourth-order valence-corrected chi connectivity index (χ4v) is 1.58. The molecule has 0 aliphatic rings. The molecule has 1 aromatic carbocycles. The number of aliphatic hydroxyl groups excluding tert-OH is 2. The van der Waals surface area contributed by atoms with Gasteiger partial charge in [-0.25, -0.2) is 0 Å². The molecule has 0 heterocycles. The van der Waals surface area contributed by atoms with E-state index in [9.17, 15) is 5.11 Å². The molecule has 0 amide bonds. The lowest BCUT2D eigenvalue weighted by molar-refractivity contribution is 0.171. The Hall–Kier alpha value is -0.900. The molecule has 1 aromatic rings. The highest BCUT2D eigenvalue weighted by atomic mass is 16.3. The molecule has 2 atom stereocenters. The Bertz CT molecular complexity index is 277. The van der Waals surface area contributed by atoms with E-state index in [2.05, 4.69) is 12.2 Å². The van der Waals surface area contributed by atoms with Crippen molar-refractivity contribution in [1.29, 1.82) is 0 Å². The van der Waals surface area contributed by atoms with Crippen LogP contribution in [0.3, 0.4) is 0 Å². The second kappa shape index (κ2) is 7.39. The highest BCUT2D eigenvalue weighted by Gasteiger charge is 2.07. The first-order chi connectivity index (χ1) is 7.74. The summed E-state index contributed by atoms with van der Waals surface area (Å²) in [5.41, 5.74) is 0.935. The molecule has 0 saturated carbocycles. The maximum atomic E-state index is 9.85. The van der Waals surface area contributed by atoms with E-state index in [0.29, 0.717) is 12.5 Å². The van der Waals surface area contributed by atoms with Crippen molar-refractivity contribution >= 4 is 0 Å². The van der Waals surface area contributed by atoms with Crippen molar-refractivity contribution in [3.05, 3.63) is 35.9 Å². The van der Waals surface area contributed by atoms with E-state index in [-0.39, 0.29) is 6.61 Å². The number of benzene rings is 1. The lowest BCUT2D eigenvalue weighted by Gasteiger charge is -2.15. The predicted octanol–water partition coefficient (Wildman–Crippen LogP) is 1.33. The van der Waals surface area contributed by atoms with Crippen LogP contribution in [0.1, 0.15) is 25.0 Å². The highest BCUT2D eigenvalue weighted by molar-refractivity contribution is 5.17. The molecule has 3 nitrogen and oxygen atoms in total. The maximum absolute atomic E-state index is 9.85. The minimum absolute atomic E-state index is 0.226. The summed E-state index contributed by atoms with van der Waals surface area (Å²) in [6.07, 6.45) is 0.344. The Morgan fingerprint density at radius 1 is 1.19 bits per heavy atom. The van der Waals surface area contributed by atoms with E-state index < -0.39 is 6.10 Å². The summed E-state index contributed by atoms with van der Waals surface area (Å²) in [7, 11) is 0. The topological polar surface area (TPSA) is 52.5 Å². The molecule has 0 bridgehead atoms. The number of rotatable bonds is 7. The van der Waals surface area contributed by atoms with Gasteiger partial charge in [0.05, 0.1) is 6.10 Å². The number of hydrogen-bond donors (Lipinski definition) is 3. The largest absolute Gasteiger partial charge is 0.396 e. The molecule has 16 heavy (non-hydrogen) atoms. The lowest BCUT2D eigenvalue weighted by atomic mass is 10.1. The van der Waals surface area contributed by atoms with Gasteiger partial charge in [0.15, 0.2) is 0 Å². The zero-order chi connectivity index (χ0) is 11.8. The van der Waals surface area contributed by atoms with Crippen LogP contribution in [0.5, 0.6) is 0 Å². The van der Waals surface area contributed by atoms with Crippen molar-refractivity contribution in [2.24, 2.45) is 5.92 Å². The van der Waals surface area contributed by atoms with Crippen molar-refractivity contribution in [2.75, 3.05) is 19.7 Å². The van der Waals surface area contributed by atoms with Crippen LogP contribution >= 0.6 is 0 Å². The van der Waals surface area contributed by atoms with Crippen molar-refractivity contribution < 1.29 is 10.2 Å². The normalized spacial score (nSPS) is 14.7. The summed E-state index contributed by atoms with van der Waals surface area (Å²) in [6.45, 7) is 3.69. The fourth-order valence-electron chi connectivity index (χ4n) is 1.58. The van der Waals surface area contributed by atoms with Gasteiger partial charge in [-0.15, -0.1) is 0 Å². The molecule has 3 heteroatoms. The molecule has 90 valence electrons. The van der Waals surface area contributed by atoms with Gasteiger partial charge in [-0.1, -0.05) is 37.3 Å². The van der Waals surface area contributed by atoms with E-state index in [1.165, 1.54) is 0 Å². The molecule has 0 fully saturated rings. The number of aliphatic hydroxyl groups is 2. The Morgan fingerprint density at radius 3 is 2.50 bits per heavy atom. The van der Waals surface area contributed by atoms with Crippen LogP contribution in [-0.4, -0.2) is 29.9 Å². The van der Waals surface area contributed by atoms with Crippen LogP contribution < -0.4 is 5.32 Å². The van der Waals surface area contributed by atoms with E-state index in [1.54, 1.807) is 0 Å². The molecule has 0 spiro atoms. The predicted molar refractivity (Wildman–Crippen MR) is 65.1 cm³/mol. The quantitative estimate of drug-likeness (QED) is 0.653. The second-order valence-corrected chi connectivity index (χ2v) is 4.20. The third-order valence-corrected chi connectivity index (χ3v) is 2.64. The molecule has 0 radical (unpaired) electrons. The Kier molecular flexibility index (Phi) is 6.08. The van der Waals surface area contributed by atoms with E-state index in [4.69, 9.17) is 5.11 Å². The van der Waals surface area contributed by atoms with E-state index >= 15 is 0 Å². The summed E-state index contributed by atoms with van der Waals surface area (Å²) in [6, 6.07) is 9.62. The first kappa shape index (κ1) is 13.2. The summed E-state index contributed by atoms with van der Waals surface area (Å²) in [5, 5.41) is 21.8.